The van der Waals surface area contributed by atoms with Crippen molar-refractivity contribution in [3.05, 3.63) is 22.2 Å². The summed E-state index contributed by atoms with van der Waals surface area (Å²) in [5, 5.41) is 0.834. The molecule has 0 amide bonds. The number of rotatable bonds is 6. The molecule has 1 aromatic carbocycles. The highest BCUT2D eigenvalue weighted by atomic mass is 35.5. The molecule has 0 heterocycles. The third-order valence-electron chi connectivity index (χ3n) is 1.84. The highest BCUT2D eigenvalue weighted by molar-refractivity contribution is 6.37. The third kappa shape index (κ3) is 4.08. The van der Waals surface area contributed by atoms with E-state index >= 15 is 0 Å². The Morgan fingerprint density at radius 1 is 1.12 bits per heavy atom. The molecule has 0 unspecified atom stereocenters. The van der Waals surface area contributed by atoms with Crippen LogP contribution in [0.4, 0.5) is 5.69 Å². The Hall–Kier alpha value is -0.640. The predicted octanol–water partition coefficient (Wildman–Crippen LogP) is 3.38. The fraction of sp³-hybridized carbons (Fsp3) is 0.455. The maximum atomic E-state index is 5.94. The number of anilines is 1. The van der Waals surface area contributed by atoms with Crippen molar-refractivity contribution in [1.82, 2.24) is 0 Å². The van der Waals surface area contributed by atoms with E-state index < -0.39 is 0 Å². The lowest BCUT2D eigenvalue weighted by molar-refractivity contribution is 0.101. The van der Waals surface area contributed by atoms with Crippen molar-refractivity contribution in [2.24, 2.45) is 0 Å². The van der Waals surface area contributed by atoms with Gasteiger partial charge in [-0.05, 0) is 18.6 Å². The van der Waals surface area contributed by atoms with Gasteiger partial charge in [0, 0.05) is 12.3 Å². The van der Waals surface area contributed by atoms with E-state index in [0.29, 0.717) is 34.7 Å². The van der Waals surface area contributed by atoms with Crippen LogP contribution >= 0.6 is 23.2 Å². The molecule has 0 spiro atoms. The van der Waals surface area contributed by atoms with Gasteiger partial charge in [0.2, 0.25) is 0 Å². The molecule has 5 heteroatoms. The average molecular weight is 264 g/mol. The summed E-state index contributed by atoms with van der Waals surface area (Å²) in [6.45, 7) is 3.72. The van der Waals surface area contributed by atoms with Gasteiger partial charge in [-0.1, -0.05) is 30.1 Å². The number of hydrogen-bond donors (Lipinski definition) is 1. The summed E-state index contributed by atoms with van der Waals surface area (Å²) in [7, 11) is 0. The summed E-state index contributed by atoms with van der Waals surface area (Å²) in [5.41, 5.74) is 6.09. The van der Waals surface area contributed by atoms with Crippen LogP contribution in [0.1, 0.15) is 13.3 Å². The first kappa shape index (κ1) is 13.4. The molecule has 2 N–H and O–H groups in total. The molecule has 1 rings (SSSR count). The molecule has 0 aliphatic heterocycles. The molecule has 0 aliphatic rings. The first-order chi connectivity index (χ1) is 7.65. The van der Waals surface area contributed by atoms with Crippen LogP contribution in [0, 0.1) is 0 Å². The van der Waals surface area contributed by atoms with Gasteiger partial charge in [-0.25, -0.2) is 0 Å². The van der Waals surface area contributed by atoms with E-state index in [1.54, 1.807) is 12.1 Å². The van der Waals surface area contributed by atoms with Crippen molar-refractivity contribution in [2.45, 2.75) is 13.3 Å². The van der Waals surface area contributed by atoms with Crippen molar-refractivity contribution in [3.63, 3.8) is 0 Å². The number of nitrogen functional groups attached to an aromatic ring is 1. The minimum absolute atomic E-state index is 0.417. The molecule has 0 aromatic heterocycles. The monoisotopic (exact) mass is 263 g/mol. The zero-order valence-corrected chi connectivity index (χ0v) is 10.6. The molecule has 0 saturated heterocycles. The van der Waals surface area contributed by atoms with Gasteiger partial charge in [0.05, 0.1) is 16.7 Å². The molecule has 0 aliphatic carbocycles. The molecule has 0 saturated carbocycles. The van der Waals surface area contributed by atoms with Crippen molar-refractivity contribution in [3.8, 4) is 5.75 Å². The Morgan fingerprint density at radius 3 is 2.31 bits per heavy atom. The fourth-order valence-corrected chi connectivity index (χ4v) is 1.78. The van der Waals surface area contributed by atoms with Crippen molar-refractivity contribution in [2.75, 3.05) is 25.6 Å². The third-order valence-corrected chi connectivity index (χ3v) is 2.40. The molecule has 0 radical (unpaired) electrons. The van der Waals surface area contributed by atoms with Gasteiger partial charge in [-0.3, -0.25) is 0 Å². The number of nitrogens with two attached hydrogens (primary N) is 1. The van der Waals surface area contributed by atoms with E-state index in [1.165, 1.54) is 0 Å². The second-order valence-corrected chi connectivity index (χ2v) is 4.09. The largest absolute Gasteiger partial charge is 0.488 e. The van der Waals surface area contributed by atoms with Gasteiger partial charge in [-0.15, -0.1) is 0 Å². The molecule has 16 heavy (non-hydrogen) atoms. The summed E-state index contributed by atoms with van der Waals surface area (Å²) >= 11 is 11.9. The van der Waals surface area contributed by atoms with E-state index in [2.05, 4.69) is 6.92 Å². The van der Waals surface area contributed by atoms with Gasteiger partial charge < -0.3 is 15.2 Å². The lowest BCUT2D eigenvalue weighted by atomic mass is 10.3. The van der Waals surface area contributed by atoms with Crippen molar-refractivity contribution < 1.29 is 9.47 Å². The van der Waals surface area contributed by atoms with E-state index in [-0.39, 0.29) is 0 Å². The molecular weight excluding hydrogens is 249 g/mol. The van der Waals surface area contributed by atoms with Crippen LogP contribution in [0.25, 0.3) is 0 Å². The fourth-order valence-electron chi connectivity index (χ4n) is 1.17. The molecule has 0 atom stereocenters. The minimum atomic E-state index is 0.417. The van der Waals surface area contributed by atoms with Crippen LogP contribution in [0.5, 0.6) is 5.75 Å². The van der Waals surface area contributed by atoms with Crippen LogP contribution < -0.4 is 10.5 Å². The second-order valence-electron chi connectivity index (χ2n) is 3.27. The van der Waals surface area contributed by atoms with Crippen molar-refractivity contribution >= 4 is 28.9 Å². The standard InChI is InChI=1S/C11H15Cl2NO2/c1-2-3-15-4-5-16-11-9(12)6-8(14)7-10(11)13/h6-7H,2-5,14H2,1H3. The first-order valence-electron chi connectivity index (χ1n) is 5.10. The highest BCUT2D eigenvalue weighted by Crippen LogP contribution is 2.34. The molecule has 1 aromatic rings. The van der Waals surface area contributed by atoms with Gasteiger partial charge >= 0.3 is 0 Å². The Kier molecular flexibility index (Phi) is 5.74. The normalized spacial score (nSPS) is 10.4. The summed E-state index contributed by atoms with van der Waals surface area (Å²) in [4.78, 5) is 0. The first-order valence-corrected chi connectivity index (χ1v) is 5.85. The van der Waals surface area contributed by atoms with Gasteiger partial charge in [0.1, 0.15) is 6.61 Å². The van der Waals surface area contributed by atoms with Crippen LogP contribution in [0.15, 0.2) is 12.1 Å². The maximum Gasteiger partial charge on any atom is 0.156 e. The van der Waals surface area contributed by atoms with Crippen LogP contribution in [0.2, 0.25) is 10.0 Å². The lowest BCUT2D eigenvalue weighted by Gasteiger charge is -2.10. The van der Waals surface area contributed by atoms with E-state index in [9.17, 15) is 0 Å². The highest BCUT2D eigenvalue weighted by Gasteiger charge is 2.08. The number of halogens is 2. The van der Waals surface area contributed by atoms with E-state index in [0.717, 1.165) is 13.0 Å². The lowest BCUT2D eigenvalue weighted by Crippen LogP contribution is -2.07. The van der Waals surface area contributed by atoms with Crippen LogP contribution in [-0.4, -0.2) is 19.8 Å². The Bertz CT molecular complexity index is 322. The summed E-state index contributed by atoms with van der Waals surface area (Å²) in [6, 6.07) is 3.21. The smallest absolute Gasteiger partial charge is 0.156 e. The summed E-state index contributed by atoms with van der Waals surface area (Å²) < 4.78 is 10.7. The Balaban J connectivity index is 2.47. The topological polar surface area (TPSA) is 44.5 Å². The van der Waals surface area contributed by atoms with Crippen LogP contribution in [0.3, 0.4) is 0 Å². The SMILES string of the molecule is CCCOCCOc1c(Cl)cc(N)cc1Cl. The molecule has 3 nitrogen and oxygen atoms in total. The maximum absolute atomic E-state index is 5.94. The number of benzene rings is 1. The van der Waals surface area contributed by atoms with E-state index in [4.69, 9.17) is 38.4 Å². The second kappa shape index (κ2) is 6.84. The van der Waals surface area contributed by atoms with Crippen LogP contribution in [-0.2, 0) is 4.74 Å². The molecule has 0 bridgehead atoms. The zero-order valence-electron chi connectivity index (χ0n) is 9.13. The predicted molar refractivity (Wildman–Crippen MR) is 67.5 cm³/mol. The van der Waals surface area contributed by atoms with E-state index in [1.807, 2.05) is 0 Å². The van der Waals surface area contributed by atoms with Gasteiger partial charge in [0.25, 0.3) is 0 Å². The summed E-state index contributed by atoms with van der Waals surface area (Å²) in [5.74, 6) is 0.456. The number of ether oxygens (including phenoxy) is 2. The van der Waals surface area contributed by atoms with Crippen molar-refractivity contribution in [1.29, 1.82) is 0 Å². The minimum Gasteiger partial charge on any atom is -0.488 e. The zero-order chi connectivity index (χ0) is 12.0. The summed E-state index contributed by atoms with van der Waals surface area (Å²) in [6.07, 6.45) is 0.989. The average Bonchev–Trinajstić information content (AvgIpc) is 2.20. The molecule has 90 valence electrons. The Labute approximate surface area is 105 Å². The molecular formula is C11H15Cl2NO2. The van der Waals surface area contributed by atoms with Gasteiger partial charge in [-0.2, -0.15) is 0 Å². The van der Waals surface area contributed by atoms with Gasteiger partial charge in [0.15, 0.2) is 5.75 Å². The number of hydrogen-bond acceptors (Lipinski definition) is 3. The Morgan fingerprint density at radius 2 is 1.75 bits per heavy atom. The quantitative estimate of drug-likeness (QED) is 0.632. The molecule has 0 fully saturated rings.